The van der Waals surface area contributed by atoms with Gasteiger partial charge in [-0.2, -0.15) is 0 Å². The maximum absolute atomic E-state index is 11.7. The van der Waals surface area contributed by atoms with Gasteiger partial charge in [-0.25, -0.2) is 4.79 Å². The van der Waals surface area contributed by atoms with Gasteiger partial charge >= 0.3 is 5.97 Å². The molecule has 0 aromatic rings. The molecule has 0 radical (unpaired) electrons. The van der Waals surface area contributed by atoms with E-state index in [1.54, 1.807) is 13.8 Å². The maximum Gasteiger partial charge on any atom is 0.334 e. The van der Waals surface area contributed by atoms with Gasteiger partial charge in [0.05, 0.1) is 32.5 Å². The van der Waals surface area contributed by atoms with E-state index in [2.05, 4.69) is 11.7 Å². The zero-order chi connectivity index (χ0) is 19.4. The molecule has 1 heterocycles. The molecule has 0 saturated carbocycles. The maximum atomic E-state index is 11.7. The molecule has 26 heavy (non-hydrogen) atoms. The lowest BCUT2D eigenvalue weighted by molar-refractivity contribution is -0.137. The number of carbonyl (C=O) groups excluding carboxylic acids is 1. The summed E-state index contributed by atoms with van der Waals surface area (Å²) in [6, 6.07) is 0. The second-order valence-corrected chi connectivity index (χ2v) is 5.36. The molecule has 0 spiro atoms. The lowest BCUT2D eigenvalue weighted by atomic mass is 9.93. The summed E-state index contributed by atoms with van der Waals surface area (Å²) in [4.78, 5) is 17.0. The molecule has 0 atom stereocenters. The van der Waals surface area contributed by atoms with Crippen LogP contribution in [0.5, 0.6) is 0 Å². The van der Waals surface area contributed by atoms with Crippen LogP contribution in [0.25, 0.3) is 0 Å². The number of aliphatic hydroxyl groups excluding tert-OH is 1. The van der Waals surface area contributed by atoms with E-state index in [1.165, 1.54) is 0 Å². The van der Waals surface area contributed by atoms with Gasteiger partial charge in [0.15, 0.2) is 11.6 Å². The molecular weight excluding hydrogens is 344 g/mol. The van der Waals surface area contributed by atoms with Crippen molar-refractivity contribution in [2.45, 2.75) is 32.3 Å². The van der Waals surface area contributed by atoms with Crippen LogP contribution < -0.4 is 5.73 Å². The molecule has 1 rings (SSSR count). The zero-order valence-corrected chi connectivity index (χ0v) is 15.4. The minimum Gasteiger partial charge on any atom is -0.490 e. The standard InChI is InChI=1S/C17H28N2O7/c1-4-23-13(3)14(12-15(21)24-5-2)26-19-16(18)17(25-11-8-20)6-9-22-10-7-17/h12,20H,3-11H2,1-2H3,(H2,18,19). The lowest BCUT2D eigenvalue weighted by Gasteiger charge is -2.35. The molecule has 148 valence electrons. The molecule has 3 N–H and O–H groups in total. The highest BCUT2D eigenvalue weighted by atomic mass is 16.6. The third kappa shape index (κ3) is 6.66. The summed E-state index contributed by atoms with van der Waals surface area (Å²) in [7, 11) is 0. The fourth-order valence-electron chi connectivity index (χ4n) is 2.29. The summed E-state index contributed by atoms with van der Waals surface area (Å²) < 4.78 is 21.2. The molecule has 0 unspecified atom stereocenters. The highest BCUT2D eigenvalue weighted by molar-refractivity contribution is 5.89. The largest absolute Gasteiger partial charge is 0.490 e. The predicted molar refractivity (Wildman–Crippen MR) is 94.0 cm³/mol. The van der Waals surface area contributed by atoms with Gasteiger partial charge in [-0.3, -0.25) is 0 Å². The number of nitrogens with zero attached hydrogens (tertiary/aromatic N) is 1. The second-order valence-electron chi connectivity index (χ2n) is 5.36. The fourth-order valence-corrected chi connectivity index (χ4v) is 2.29. The van der Waals surface area contributed by atoms with Crippen LogP contribution in [-0.2, 0) is 28.6 Å². The van der Waals surface area contributed by atoms with Crippen molar-refractivity contribution in [2.24, 2.45) is 10.9 Å². The number of nitrogens with two attached hydrogens (primary N) is 1. The molecule has 1 saturated heterocycles. The Bertz CT molecular complexity index is 525. The van der Waals surface area contributed by atoms with Crippen molar-refractivity contribution in [3.63, 3.8) is 0 Å². The van der Waals surface area contributed by atoms with Crippen LogP contribution in [0.2, 0.25) is 0 Å². The van der Waals surface area contributed by atoms with E-state index in [9.17, 15) is 4.79 Å². The summed E-state index contributed by atoms with van der Waals surface area (Å²) in [5.41, 5.74) is 5.19. The highest BCUT2D eigenvalue weighted by Crippen LogP contribution is 2.26. The van der Waals surface area contributed by atoms with Crippen molar-refractivity contribution < 1.29 is 33.7 Å². The smallest absolute Gasteiger partial charge is 0.334 e. The van der Waals surface area contributed by atoms with E-state index in [-0.39, 0.29) is 37.2 Å². The van der Waals surface area contributed by atoms with Crippen molar-refractivity contribution >= 4 is 11.8 Å². The van der Waals surface area contributed by atoms with E-state index in [0.29, 0.717) is 32.7 Å². The van der Waals surface area contributed by atoms with Gasteiger partial charge in [0, 0.05) is 26.1 Å². The molecule has 9 nitrogen and oxygen atoms in total. The summed E-state index contributed by atoms with van der Waals surface area (Å²) in [6.45, 7) is 8.55. The number of rotatable bonds is 11. The molecule has 1 aliphatic heterocycles. The normalized spacial score (nSPS) is 17.5. The van der Waals surface area contributed by atoms with E-state index >= 15 is 0 Å². The zero-order valence-electron chi connectivity index (χ0n) is 15.4. The summed E-state index contributed by atoms with van der Waals surface area (Å²) in [5.74, 6) is -0.435. The van der Waals surface area contributed by atoms with Gasteiger partial charge in [0.1, 0.15) is 5.60 Å². The Balaban J connectivity index is 2.96. The Hall–Kier alpha value is -2.10. The first-order chi connectivity index (χ1) is 12.5. The molecule has 1 fully saturated rings. The van der Waals surface area contributed by atoms with E-state index in [0.717, 1.165) is 6.08 Å². The van der Waals surface area contributed by atoms with Gasteiger partial charge in [-0.05, 0) is 13.8 Å². The number of oxime groups is 1. The van der Waals surface area contributed by atoms with Crippen LogP contribution in [0.3, 0.4) is 0 Å². The van der Waals surface area contributed by atoms with Crippen LogP contribution >= 0.6 is 0 Å². The van der Waals surface area contributed by atoms with Crippen LogP contribution in [0.4, 0.5) is 0 Å². The van der Waals surface area contributed by atoms with Crippen LogP contribution in [-0.4, -0.2) is 62.2 Å². The van der Waals surface area contributed by atoms with Crippen LogP contribution in [0.1, 0.15) is 26.7 Å². The molecule has 0 aliphatic carbocycles. The molecular formula is C17H28N2O7. The number of hydrogen-bond acceptors (Lipinski definition) is 8. The number of carbonyl (C=O) groups is 1. The summed E-state index contributed by atoms with van der Waals surface area (Å²) >= 11 is 0. The number of amidine groups is 1. The van der Waals surface area contributed by atoms with Gasteiger partial charge in [-0.1, -0.05) is 11.7 Å². The molecule has 0 bridgehead atoms. The molecule has 0 aromatic heterocycles. The Labute approximate surface area is 153 Å². The predicted octanol–water partition coefficient (Wildman–Crippen LogP) is 0.830. The minimum absolute atomic E-state index is 0.0161. The summed E-state index contributed by atoms with van der Waals surface area (Å²) in [6.07, 6.45) is 2.02. The van der Waals surface area contributed by atoms with Gasteiger partial charge in [0.2, 0.25) is 5.76 Å². The van der Waals surface area contributed by atoms with Gasteiger partial charge < -0.3 is 34.6 Å². The number of esters is 1. The van der Waals surface area contributed by atoms with E-state index in [4.69, 9.17) is 34.6 Å². The van der Waals surface area contributed by atoms with Crippen molar-refractivity contribution in [1.29, 1.82) is 0 Å². The Morgan fingerprint density at radius 2 is 1.96 bits per heavy atom. The second kappa shape index (κ2) is 11.5. The van der Waals surface area contributed by atoms with E-state index < -0.39 is 11.6 Å². The number of ether oxygens (including phenoxy) is 4. The molecule has 0 aromatic carbocycles. The van der Waals surface area contributed by atoms with Crippen LogP contribution in [0.15, 0.2) is 29.3 Å². The molecule has 9 heteroatoms. The van der Waals surface area contributed by atoms with E-state index in [1.807, 2.05) is 0 Å². The van der Waals surface area contributed by atoms with Crippen molar-refractivity contribution in [3.8, 4) is 0 Å². The first kappa shape index (κ1) is 21.9. The summed E-state index contributed by atoms with van der Waals surface area (Å²) in [5, 5.41) is 12.9. The third-order valence-electron chi connectivity index (χ3n) is 3.61. The monoisotopic (exact) mass is 372 g/mol. The topological polar surface area (TPSA) is 122 Å². The Morgan fingerprint density at radius 1 is 1.31 bits per heavy atom. The Kier molecular flexibility index (Phi) is 9.71. The van der Waals surface area contributed by atoms with Crippen molar-refractivity contribution in [3.05, 3.63) is 24.2 Å². The molecule has 1 aliphatic rings. The average molecular weight is 372 g/mol. The first-order valence-electron chi connectivity index (χ1n) is 8.53. The first-order valence-corrected chi connectivity index (χ1v) is 8.53. The SMILES string of the molecule is C=C(OCC)C(=CC(=O)OCC)ON=C(N)C1(OCCO)CCOCC1. The Morgan fingerprint density at radius 3 is 2.54 bits per heavy atom. The lowest BCUT2D eigenvalue weighted by Crippen LogP contribution is -2.51. The molecule has 0 amide bonds. The van der Waals surface area contributed by atoms with Crippen molar-refractivity contribution in [1.82, 2.24) is 0 Å². The number of aliphatic hydroxyl groups is 1. The van der Waals surface area contributed by atoms with Crippen LogP contribution in [0, 0.1) is 0 Å². The quantitative estimate of drug-likeness (QED) is 0.104. The van der Waals surface area contributed by atoms with Gasteiger partial charge in [-0.15, -0.1) is 0 Å². The third-order valence-corrected chi connectivity index (χ3v) is 3.61. The number of hydrogen-bond donors (Lipinski definition) is 2. The minimum atomic E-state index is -0.900. The average Bonchev–Trinajstić information content (AvgIpc) is 2.64. The van der Waals surface area contributed by atoms with Crippen molar-refractivity contribution in [2.75, 3.05) is 39.6 Å². The highest BCUT2D eigenvalue weighted by Gasteiger charge is 2.38. The fraction of sp³-hybridized carbons (Fsp3) is 0.647. The van der Waals surface area contributed by atoms with Gasteiger partial charge in [0.25, 0.3) is 0 Å².